The van der Waals surface area contributed by atoms with Gasteiger partial charge in [0.05, 0.1) is 5.52 Å². The first kappa shape index (κ1) is 36.4. The van der Waals surface area contributed by atoms with Crippen LogP contribution in [0.4, 0.5) is 17.1 Å². The molecule has 2 nitrogen and oxygen atoms in total. The predicted molar refractivity (Wildman–Crippen MR) is 265 cm³/mol. The molecule has 0 saturated heterocycles. The number of para-hydroxylation sites is 1. The maximum Gasteiger partial charge on any atom is 0.0579 e. The first-order valence-corrected chi connectivity index (χ1v) is 22.3. The van der Waals surface area contributed by atoms with Crippen molar-refractivity contribution in [2.24, 2.45) is 0 Å². The van der Waals surface area contributed by atoms with Gasteiger partial charge in [-0.15, -0.1) is 0 Å². The molecule has 1 saturated carbocycles. The summed E-state index contributed by atoms with van der Waals surface area (Å²) >= 11 is 0. The van der Waals surface area contributed by atoms with Crippen LogP contribution in [0.25, 0.3) is 87.5 Å². The lowest BCUT2D eigenvalue weighted by molar-refractivity contribution is 0.368. The lowest BCUT2D eigenvalue weighted by Gasteiger charge is -2.27. The van der Waals surface area contributed by atoms with Gasteiger partial charge in [-0.05, 0) is 128 Å². The third-order valence-electron chi connectivity index (χ3n) is 13.5. The van der Waals surface area contributed by atoms with E-state index < -0.39 is 0 Å². The first-order valence-electron chi connectivity index (χ1n) is 22.3. The predicted octanol–water partition coefficient (Wildman–Crippen LogP) is 17.2. The highest BCUT2D eigenvalue weighted by molar-refractivity contribution is 6.23. The van der Waals surface area contributed by atoms with E-state index in [4.69, 9.17) is 0 Å². The Balaban J connectivity index is 1.04. The number of hydrogen-bond acceptors (Lipinski definition) is 1. The van der Waals surface area contributed by atoms with Crippen molar-refractivity contribution in [1.82, 2.24) is 4.57 Å². The van der Waals surface area contributed by atoms with Crippen LogP contribution in [-0.2, 0) is 0 Å². The molecule has 12 rings (SSSR count). The Morgan fingerprint density at radius 2 is 0.935 bits per heavy atom. The Labute approximate surface area is 362 Å². The van der Waals surface area contributed by atoms with Crippen LogP contribution in [0, 0.1) is 0 Å². The molecule has 1 aliphatic rings. The molecule has 1 fully saturated rings. The molecule has 2 heteroatoms. The summed E-state index contributed by atoms with van der Waals surface area (Å²) in [4.78, 5) is 2.44. The maximum atomic E-state index is 2.72. The van der Waals surface area contributed by atoms with Crippen molar-refractivity contribution in [3.63, 3.8) is 0 Å². The number of anilines is 3. The molecule has 0 unspecified atom stereocenters. The Kier molecular flexibility index (Phi) is 8.96. The zero-order chi connectivity index (χ0) is 41.0. The van der Waals surface area contributed by atoms with E-state index in [9.17, 15) is 0 Å². The molecular formula is C60H46N2. The Bertz CT molecular complexity index is 3440. The normalized spacial score (nSPS) is 13.4. The fourth-order valence-electron chi connectivity index (χ4n) is 10.5. The molecular weight excluding hydrogens is 749 g/mol. The Hall–Kier alpha value is -7.42. The molecule has 0 atom stereocenters. The van der Waals surface area contributed by atoms with Gasteiger partial charge in [-0.2, -0.15) is 0 Å². The van der Waals surface area contributed by atoms with E-state index in [2.05, 4.69) is 222 Å². The smallest absolute Gasteiger partial charge is 0.0579 e. The topological polar surface area (TPSA) is 8.17 Å². The fourth-order valence-corrected chi connectivity index (χ4v) is 10.5. The van der Waals surface area contributed by atoms with Crippen molar-refractivity contribution in [2.45, 2.75) is 38.1 Å². The summed E-state index contributed by atoms with van der Waals surface area (Å²) < 4.78 is 2.72. The highest BCUT2D eigenvalue weighted by atomic mass is 15.1. The van der Waals surface area contributed by atoms with E-state index in [1.165, 1.54) is 120 Å². The van der Waals surface area contributed by atoms with E-state index in [1.807, 2.05) is 0 Å². The van der Waals surface area contributed by atoms with Crippen molar-refractivity contribution >= 4 is 71.2 Å². The van der Waals surface area contributed by atoms with Gasteiger partial charge in [0.15, 0.2) is 0 Å². The van der Waals surface area contributed by atoms with Gasteiger partial charge in [-0.25, -0.2) is 0 Å². The van der Waals surface area contributed by atoms with Gasteiger partial charge in [0, 0.05) is 44.8 Å². The highest BCUT2D eigenvalue weighted by Gasteiger charge is 2.25. The van der Waals surface area contributed by atoms with Crippen LogP contribution in [0.15, 0.2) is 212 Å². The molecule has 0 radical (unpaired) electrons. The molecule has 0 bridgehead atoms. The summed E-state index contributed by atoms with van der Waals surface area (Å²) in [5.41, 5.74) is 13.4. The van der Waals surface area contributed by atoms with E-state index in [0.717, 1.165) is 17.1 Å². The summed E-state index contributed by atoms with van der Waals surface area (Å²) in [5, 5.41) is 10.3. The van der Waals surface area contributed by atoms with Crippen molar-refractivity contribution in [2.75, 3.05) is 4.90 Å². The average molecular weight is 795 g/mol. The monoisotopic (exact) mass is 794 g/mol. The third kappa shape index (κ3) is 6.25. The number of hydrogen-bond donors (Lipinski definition) is 0. The van der Waals surface area contributed by atoms with Crippen molar-refractivity contribution in [3.05, 3.63) is 212 Å². The molecule has 0 amide bonds. The second-order valence-corrected chi connectivity index (χ2v) is 17.1. The summed E-state index contributed by atoms with van der Waals surface area (Å²) in [6.45, 7) is 0. The van der Waals surface area contributed by atoms with Crippen LogP contribution in [0.5, 0.6) is 0 Å². The molecule has 1 aromatic heterocycles. The molecule has 296 valence electrons. The molecule has 0 N–H and O–H groups in total. The minimum absolute atomic E-state index is 0.500. The lowest BCUT2D eigenvalue weighted by Crippen LogP contribution is -2.12. The number of benzene rings is 10. The van der Waals surface area contributed by atoms with Crippen LogP contribution >= 0.6 is 0 Å². The van der Waals surface area contributed by atoms with Crippen LogP contribution < -0.4 is 4.90 Å². The third-order valence-corrected chi connectivity index (χ3v) is 13.5. The SMILES string of the molecule is c1ccc(-c2cccc(-c3ccc(N(c4cccc(-c5cc6ccccc6c6c5c5ccccc5n6C5CCCCC5)c4)c4ccc5c(ccc6ccccc65)c4)cc3)c2)cc1. The van der Waals surface area contributed by atoms with Crippen LogP contribution in [0.3, 0.4) is 0 Å². The number of fused-ring (bicyclic) bond motifs is 8. The molecule has 1 heterocycles. The van der Waals surface area contributed by atoms with Crippen LogP contribution in [0.2, 0.25) is 0 Å². The van der Waals surface area contributed by atoms with Gasteiger partial charge in [-0.3, -0.25) is 0 Å². The first-order chi connectivity index (χ1) is 30.7. The lowest BCUT2D eigenvalue weighted by atomic mass is 9.93. The second kappa shape index (κ2) is 15.2. The van der Waals surface area contributed by atoms with E-state index in [0.29, 0.717) is 6.04 Å². The molecule has 0 aliphatic heterocycles. The van der Waals surface area contributed by atoms with Gasteiger partial charge in [0.25, 0.3) is 0 Å². The number of nitrogens with zero attached hydrogens (tertiary/aromatic N) is 2. The molecule has 0 spiro atoms. The summed E-state index contributed by atoms with van der Waals surface area (Å²) in [7, 11) is 0. The fraction of sp³-hybridized carbons (Fsp3) is 0.100. The van der Waals surface area contributed by atoms with Crippen LogP contribution in [0.1, 0.15) is 38.1 Å². The largest absolute Gasteiger partial charge is 0.337 e. The van der Waals surface area contributed by atoms with Crippen molar-refractivity contribution in [3.8, 4) is 33.4 Å². The Morgan fingerprint density at radius 1 is 0.355 bits per heavy atom. The van der Waals surface area contributed by atoms with E-state index in [1.54, 1.807) is 0 Å². The van der Waals surface area contributed by atoms with Gasteiger partial charge < -0.3 is 9.47 Å². The zero-order valence-electron chi connectivity index (χ0n) is 34.7. The second-order valence-electron chi connectivity index (χ2n) is 17.1. The van der Waals surface area contributed by atoms with E-state index >= 15 is 0 Å². The van der Waals surface area contributed by atoms with Gasteiger partial charge in [0.2, 0.25) is 0 Å². The minimum Gasteiger partial charge on any atom is -0.337 e. The minimum atomic E-state index is 0.500. The molecule has 11 aromatic rings. The van der Waals surface area contributed by atoms with Gasteiger partial charge in [0.1, 0.15) is 0 Å². The van der Waals surface area contributed by atoms with E-state index in [-0.39, 0.29) is 0 Å². The zero-order valence-corrected chi connectivity index (χ0v) is 34.7. The highest BCUT2D eigenvalue weighted by Crippen LogP contribution is 2.46. The van der Waals surface area contributed by atoms with Crippen molar-refractivity contribution < 1.29 is 0 Å². The van der Waals surface area contributed by atoms with Gasteiger partial charge in [-0.1, -0.05) is 177 Å². The van der Waals surface area contributed by atoms with Crippen molar-refractivity contribution in [1.29, 1.82) is 0 Å². The summed E-state index contributed by atoms with van der Waals surface area (Å²) in [6.07, 6.45) is 6.38. The molecule has 1 aliphatic carbocycles. The molecule has 62 heavy (non-hydrogen) atoms. The number of aromatic nitrogens is 1. The van der Waals surface area contributed by atoms with Gasteiger partial charge >= 0.3 is 0 Å². The number of rotatable bonds is 7. The quantitative estimate of drug-likeness (QED) is 0.146. The summed E-state index contributed by atoms with van der Waals surface area (Å²) in [5.74, 6) is 0. The Morgan fingerprint density at radius 3 is 1.76 bits per heavy atom. The van der Waals surface area contributed by atoms with Crippen LogP contribution in [-0.4, -0.2) is 4.57 Å². The standard InChI is InChI=1S/C60H46N2/c1-3-15-41(16-4-1)44-19-13-20-45(37-44)42-31-33-50(34-32-42)61(52-35-36-54-48(39-52)30-29-43-17-7-9-25-53(43)54)51-24-14-21-46(38-51)57-40-47-18-8-10-26-55(47)60-59(57)56-27-11-12-28-58(56)62(60)49-22-5-2-6-23-49/h1,3-4,7-21,24-40,49H,2,5-6,22-23H2. The summed E-state index contributed by atoms with van der Waals surface area (Å²) in [6, 6.07) is 79.2. The molecule has 10 aromatic carbocycles. The maximum absolute atomic E-state index is 2.72. The average Bonchev–Trinajstić information content (AvgIpc) is 3.70.